The first-order chi connectivity index (χ1) is 15.4. The lowest BCUT2D eigenvalue weighted by atomic mass is 10.1. The zero-order valence-corrected chi connectivity index (χ0v) is 19.0. The lowest BCUT2D eigenvalue weighted by Crippen LogP contribution is -2.34. The number of hydrogen-bond donors (Lipinski definition) is 2. The van der Waals surface area contributed by atoms with Gasteiger partial charge in [-0.3, -0.25) is 9.59 Å². The molecule has 0 radical (unpaired) electrons. The minimum Gasteiger partial charge on any atom is -0.481 e. The number of carbonyl (C=O) groups is 2. The maximum atomic E-state index is 13.0. The zero-order valence-electron chi connectivity index (χ0n) is 19.0. The van der Waals surface area contributed by atoms with Gasteiger partial charge in [-0.05, 0) is 68.1 Å². The lowest BCUT2D eigenvalue weighted by molar-refractivity contribution is -0.122. The Labute approximate surface area is 189 Å². The van der Waals surface area contributed by atoms with E-state index in [0.29, 0.717) is 23.4 Å². The average Bonchev–Trinajstić information content (AvgIpc) is 2.80. The molecule has 0 aliphatic carbocycles. The van der Waals surface area contributed by atoms with E-state index in [0.717, 1.165) is 11.1 Å². The fourth-order valence-corrected chi connectivity index (χ4v) is 3.38. The van der Waals surface area contributed by atoms with Crippen molar-refractivity contribution in [1.82, 2.24) is 5.32 Å². The summed E-state index contributed by atoms with van der Waals surface area (Å²) in [6.07, 6.45) is -0.172. The number of carbonyl (C=O) groups excluding carboxylic acids is 2. The summed E-state index contributed by atoms with van der Waals surface area (Å²) in [7, 11) is 0. The van der Waals surface area contributed by atoms with Gasteiger partial charge in [-0.15, -0.1) is 0 Å². The van der Waals surface area contributed by atoms with Crippen LogP contribution in [0.1, 0.15) is 53.4 Å². The van der Waals surface area contributed by atoms with Gasteiger partial charge in [0.05, 0.1) is 17.3 Å². The number of hydrogen-bond acceptors (Lipinski definition) is 3. The van der Waals surface area contributed by atoms with E-state index in [1.807, 2.05) is 76.2 Å². The fourth-order valence-electron chi connectivity index (χ4n) is 3.38. The molecular formula is C27H30N2O3. The Morgan fingerprint density at radius 1 is 0.906 bits per heavy atom. The van der Waals surface area contributed by atoms with Crippen molar-refractivity contribution in [3.8, 4) is 5.75 Å². The van der Waals surface area contributed by atoms with Crippen LogP contribution in [0, 0.1) is 13.8 Å². The van der Waals surface area contributed by atoms with Gasteiger partial charge in [0.1, 0.15) is 5.75 Å². The Bertz CT molecular complexity index is 1080. The van der Waals surface area contributed by atoms with Gasteiger partial charge in [-0.2, -0.15) is 0 Å². The largest absolute Gasteiger partial charge is 0.481 e. The molecule has 0 saturated heterocycles. The van der Waals surface area contributed by atoms with Crippen LogP contribution in [0.5, 0.6) is 5.75 Å². The van der Waals surface area contributed by atoms with Crippen LogP contribution in [0.15, 0.2) is 72.8 Å². The molecule has 0 bridgehead atoms. The van der Waals surface area contributed by atoms with Crippen LogP contribution in [0.25, 0.3) is 0 Å². The van der Waals surface area contributed by atoms with Gasteiger partial charge in [0, 0.05) is 0 Å². The van der Waals surface area contributed by atoms with E-state index in [-0.39, 0.29) is 17.9 Å². The van der Waals surface area contributed by atoms with E-state index in [1.165, 1.54) is 5.56 Å². The van der Waals surface area contributed by atoms with Gasteiger partial charge in [0.25, 0.3) is 11.8 Å². The van der Waals surface area contributed by atoms with Crippen LogP contribution in [0.3, 0.4) is 0 Å². The molecule has 166 valence electrons. The number of para-hydroxylation sites is 1. The smallest absolute Gasteiger partial charge is 0.265 e. The third kappa shape index (κ3) is 5.76. The zero-order chi connectivity index (χ0) is 23.1. The molecule has 0 heterocycles. The highest BCUT2D eigenvalue weighted by molar-refractivity contribution is 6.04. The molecule has 3 rings (SSSR count). The Morgan fingerprint density at radius 2 is 1.59 bits per heavy atom. The highest BCUT2D eigenvalue weighted by Crippen LogP contribution is 2.21. The van der Waals surface area contributed by atoms with E-state index in [9.17, 15) is 9.59 Å². The van der Waals surface area contributed by atoms with Gasteiger partial charge in [0.2, 0.25) is 0 Å². The molecule has 32 heavy (non-hydrogen) atoms. The molecular weight excluding hydrogens is 400 g/mol. The number of ether oxygens (including phenoxy) is 1. The van der Waals surface area contributed by atoms with Crippen LogP contribution in [0.4, 0.5) is 5.69 Å². The van der Waals surface area contributed by atoms with Crippen LogP contribution < -0.4 is 15.4 Å². The summed E-state index contributed by atoms with van der Waals surface area (Å²) in [6, 6.07) is 22.3. The molecule has 0 fully saturated rings. The summed E-state index contributed by atoms with van der Waals surface area (Å²) in [5, 5.41) is 5.88. The van der Waals surface area contributed by atoms with Gasteiger partial charge < -0.3 is 15.4 Å². The third-order valence-corrected chi connectivity index (χ3v) is 5.50. The molecule has 0 unspecified atom stereocenters. The second-order valence-electron chi connectivity index (χ2n) is 7.90. The molecule has 0 aromatic heterocycles. The minimum absolute atomic E-state index is 0.163. The van der Waals surface area contributed by atoms with Crippen molar-refractivity contribution in [1.29, 1.82) is 0 Å². The molecule has 2 amide bonds. The number of benzene rings is 3. The van der Waals surface area contributed by atoms with Gasteiger partial charge in [-0.25, -0.2) is 0 Å². The van der Waals surface area contributed by atoms with Crippen LogP contribution in [-0.2, 0) is 4.79 Å². The number of rotatable bonds is 8. The first-order valence-corrected chi connectivity index (χ1v) is 10.9. The standard InChI is InChI=1S/C27H30N2O3/c1-5-25(32-22-16-15-18(2)19(3)17-22)27(31)29-24-14-10-9-13-23(24)26(30)28-20(4)21-11-7-6-8-12-21/h6-17,20,25H,5H2,1-4H3,(H,28,30)(H,29,31)/t20-,25+/m1/s1. The summed E-state index contributed by atoms with van der Waals surface area (Å²) in [5.41, 5.74) is 4.14. The Hall–Kier alpha value is -3.60. The highest BCUT2D eigenvalue weighted by atomic mass is 16.5. The van der Waals surface area contributed by atoms with Crippen LogP contribution in [-0.4, -0.2) is 17.9 Å². The van der Waals surface area contributed by atoms with Crippen molar-refractivity contribution in [3.05, 3.63) is 95.1 Å². The predicted octanol–water partition coefficient (Wildman–Crippen LogP) is 5.59. The van der Waals surface area contributed by atoms with Crippen molar-refractivity contribution in [2.45, 2.75) is 46.3 Å². The van der Waals surface area contributed by atoms with Gasteiger partial charge in [-0.1, -0.05) is 55.5 Å². The third-order valence-electron chi connectivity index (χ3n) is 5.50. The normalized spacial score (nSPS) is 12.5. The summed E-state index contributed by atoms with van der Waals surface area (Å²) in [5.74, 6) is 0.111. The van der Waals surface area contributed by atoms with Gasteiger partial charge in [0.15, 0.2) is 6.10 Å². The number of amides is 2. The molecule has 2 N–H and O–H groups in total. The topological polar surface area (TPSA) is 67.4 Å². The SMILES string of the molecule is CC[C@H](Oc1ccc(C)c(C)c1)C(=O)Nc1ccccc1C(=O)N[C@H](C)c1ccccc1. The first-order valence-electron chi connectivity index (χ1n) is 10.9. The molecule has 3 aromatic rings. The molecule has 0 aliphatic heterocycles. The Morgan fingerprint density at radius 3 is 2.28 bits per heavy atom. The average molecular weight is 431 g/mol. The van der Waals surface area contributed by atoms with Gasteiger partial charge >= 0.3 is 0 Å². The fraction of sp³-hybridized carbons (Fsp3) is 0.259. The molecule has 0 saturated carbocycles. The molecule has 5 nitrogen and oxygen atoms in total. The van der Waals surface area contributed by atoms with E-state index in [1.54, 1.807) is 24.3 Å². The second-order valence-corrected chi connectivity index (χ2v) is 7.90. The maximum Gasteiger partial charge on any atom is 0.265 e. The van der Waals surface area contributed by atoms with E-state index >= 15 is 0 Å². The van der Waals surface area contributed by atoms with E-state index < -0.39 is 6.10 Å². The maximum absolute atomic E-state index is 13.0. The Balaban J connectivity index is 1.72. The van der Waals surface area contributed by atoms with E-state index in [4.69, 9.17) is 4.74 Å². The molecule has 0 spiro atoms. The number of anilines is 1. The van der Waals surface area contributed by atoms with Crippen molar-refractivity contribution >= 4 is 17.5 Å². The Kier molecular flexibility index (Phi) is 7.66. The first kappa shape index (κ1) is 23.1. The lowest BCUT2D eigenvalue weighted by Gasteiger charge is -2.20. The molecule has 0 aliphatic rings. The number of nitrogens with one attached hydrogen (secondary N) is 2. The summed E-state index contributed by atoms with van der Waals surface area (Å²) in [4.78, 5) is 25.9. The van der Waals surface area contributed by atoms with Crippen molar-refractivity contribution in [2.24, 2.45) is 0 Å². The van der Waals surface area contributed by atoms with E-state index in [2.05, 4.69) is 10.6 Å². The van der Waals surface area contributed by atoms with Crippen molar-refractivity contribution in [3.63, 3.8) is 0 Å². The number of aryl methyl sites for hydroxylation is 2. The van der Waals surface area contributed by atoms with Crippen LogP contribution in [0.2, 0.25) is 0 Å². The second kappa shape index (κ2) is 10.6. The monoisotopic (exact) mass is 430 g/mol. The minimum atomic E-state index is -0.670. The summed E-state index contributed by atoms with van der Waals surface area (Å²) in [6.45, 7) is 7.86. The molecule has 2 atom stereocenters. The summed E-state index contributed by atoms with van der Waals surface area (Å²) < 4.78 is 5.94. The molecule has 5 heteroatoms. The highest BCUT2D eigenvalue weighted by Gasteiger charge is 2.22. The predicted molar refractivity (Wildman–Crippen MR) is 128 cm³/mol. The van der Waals surface area contributed by atoms with Crippen molar-refractivity contribution in [2.75, 3.05) is 5.32 Å². The summed E-state index contributed by atoms with van der Waals surface area (Å²) >= 11 is 0. The quantitative estimate of drug-likeness (QED) is 0.489. The van der Waals surface area contributed by atoms with Crippen LogP contribution >= 0.6 is 0 Å². The van der Waals surface area contributed by atoms with Crippen molar-refractivity contribution < 1.29 is 14.3 Å². The molecule has 3 aromatic carbocycles.